The smallest absolute Gasteiger partial charge is 0.236 e. The van der Waals surface area contributed by atoms with Gasteiger partial charge in [-0.3, -0.25) is 19.9 Å². The number of rotatable bonds is 9. The quantitative estimate of drug-likeness (QED) is 0.308. The molecule has 9 heteroatoms. The molecule has 1 fully saturated rings. The van der Waals surface area contributed by atoms with Gasteiger partial charge in [-0.1, -0.05) is 45.2 Å². The lowest BCUT2D eigenvalue weighted by Crippen LogP contribution is -2.52. The second kappa shape index (κ2) is 16.3. The molecular weight excluding hydrogens is 447 g/mol. The Labute approximate surface area is 209 Å². The summed E-state index contributed by atoms with van der Waals surface area (Å²) in [5.41, 5.74) is 0.466. The summed E-state index contributed by atoms with van der Waals surface area (Å²) in [6.45, 7) is 18.4. The van der Waals surface area contributed by atoms with Crippen molar-refractivity contribution in [2.24, 2.45) is 15.9 Å². The minimum absolute atomic E-state index is 0.0198. The first-order valence-electron chi connectivity index (χ1n) is 12.0. The van der Waals surface area contributed by atoms with Crippen molar-refractivity contribution in [3.05, 3.63) is 61.3 Å². The average Bonchev–Trinajstić information content (AvgIpc) is 3.10. The monoisotopic (exact) mass is 486 g/mol. The molecule has 35 heavy (non-hydrogen) atoms. The molecule has 2 rings (SSSR count). The van der Waals surface area contributed by atoms with E-state index in [2.05, 4.69) is 28.5 Å². The van der Waals surface area contributed by atoms with Crippen molar-refractivity contribution in [2.75, 3.05) is 45.9 Å². The summed E-state index contributed by atoms with van der Waals surface area (Å²) in [6.07, 6.45) is 11.0. The third-order valence-corrected chi connectivity index (χ3v) is 5.32. The number of piperazine rings is 1. The molecule has 8 nitrogen and oxygen atoms in total. The van der Waals surface area contributed by atoms with E-state index in [0.717, 1.165) is 0 Å². The Balaban J connectivity index is 0.00000298. The molecule has 2 amide bonds. The van der Waals surface area contributed by atoms with E-state index >= 15 is 0 Å². The van der Waals surface area contributed by atoms with E-state index in [4.69, 9.17) is 0 Å². The highest BCUT2D eigenvalue weighted by Gasteiger charge is 2.22. The molecule has 0 bridgehead atoms. The summed E-state index contributed by atoms with van der Waals surface area (Å²) in [7, 11) is 0. The molecule has 0 spiro atoms. The molecular formula is C26H39FN6O2. The van der Waals surface area contributed by atoms with Gasteiger partial charge in [0.05, 0.1) is 19.4 Å². The van der Waals surface area contributed by atoms with Crippen molar-refractivity contribution in [2.45, 2.75) is 27.7 Å². The zero-order valence-corrected chi connectivity index (χ0v) is 21.4. The van der Waals surface area contributed by atoms with Crippen LogP contribution in [0, 0.1) is 5.92 Å². The number of nitrogens with zero attached hydrogens (tertiary/aromatic N) is 5. The van der Waals surface area contributed by atoms with Crippen LogP contribution in [-0.4, -0.2) is 84.5 Å². The average molecular weight is 487 g/mol. The Morgan fingerprint density at radius 2 is 1.89 bits per heavy atom. The van der Waals surface area contributed by atoms with Crippen LogP contribution in [0.3, 0.4) is 0 Å². The third kappa shape index (κ3) is 10.2. The molecule has 0 aromatic carbocycles. The molecule has 1 atom stereocenters. The first-order valence-corrected chi connectivity index (χ1v) is 12.0. The van der Waals surface area contributed by atoms with Gasteiger partial charge in [-0.05, 0) is 19.1 Å². The highest BCUT2D eigenvalue weighted by molar-refractivity contribution is 6.29. The molecule has 0 saturated carbocycles. The van der Waals surface area contributed by atoms with Gasteiger partial charge in [0, 0.05) is 57.5 Å². The van der Waals surface area contributed by atoms with Gasteiger partial charge in [0.15, 0.2) is 0 Å². The maximum absolute atomic E-state index is 13.8. The second-order valence-electron chi connectivity index (χ2n) is 7.57. The van der Waals surface area contributed by atoms with E-state index in [1.807, 2.05) is 31.7 Å². The van der Waals surface area contributed by atoms with Crippen molar-refractivity contribution >= 4 is 23.9 Å². The summed E-state index contributed by atoms with van der Waals surface area (Å²) in [4.78, 5) is 38.0. The highest BCUT2D eigenvalue weighted by Crippen LogP contribution is 2.20. The van der Waals surface area contributed by atoms with Gasteiger partial charge in [-0.15, -0.1) is 0 Å². The number of amidine groups is 1. The zero-order valence-electron chi connectivity index (χ0n) is 21.4. The number of hydrogen-bond acceptors (Lipinski definition) is 5. The van der Waals surface area contributed by atoms with Gasteiger partial charge in [0.2, 0.25) is 11.8 Å². The maximum Gasteiger partial charge on any atom is 0.236 e. The molecule has 0 radical (unpaired) electrons. The van der Waals surface area contributed by atoms with E-state index in [-0.39, 0.29) is 30.1 Å². The maximum atomic E-state index is 13.8. The summed E-state index contributed by atoms with van der Waals surface area (Å²) in [5.74, 6) is -0.193. The van der Waals surface area contributed by atoms with Crippen molar-refractivity contribution in [1.82, 2.24) is 20.0 Å². The van der Waals surface area contributed by atoms with Crippen LogP contribution in [0.25, 0.3) is 0 Å². The number of carbonyl (C=O) groups excluding carboxylic acids is 2. The Kier molecular flexibility index (Phi) is 13.9. The first kappa shape index (κ1) is 29.7. The number of allylic oxidation sites excluding steroid dienone is 5. The van der Waals surface area contributed by atoms with Gasteiger partial charge >= 0.3 is 0 Å². The predicted molar refractivity (Wildman–Crippen MR) is 142 cm³/mol. The fourth-order valence-corrected chi connectivity index (χ4v) is 3.38. The molecule has 1 unspecified atom stereocenters. The molecule has 192 valence electrons. The van der Waals surface area contributed by atoms with Crippen molar-refractivity contribution in [3.8, 4) is 0 Å². The molecule has 1 N–H and O–H groups in total. The van der Waals surface area contributed by atoms with Crippen LogP contribution in [0.4, 0.5) is 4.39 Å². The molecule has 0 aromatic heterocycles. The van der Waals surface area contributed by atoms with Crippen LogP contribution < -0.4 is 5.32 Å². The summed E-state index contributed by atoms with van der Waals surface area (Å²) in [5, 5.41) is 3.15. The SMILES string of the molecule is C=CN=CC(=NC(=C)C1C=CC=CC(F)=C1)N(CC)CNCC(=O)N1CCN(C(C)=O)CC1.CC. The number of halogens is 1. The van der Waals surface area contributed by atoms with Gasteiger partial charge in [-0.2, -0.15) is 0 Å². The van der Waals surface area contributed by atoms with Crippen molar-refractivity contribution in [1.29, 1.82) is 0 Å². The zero-order chi connectivity index (χ0) is 26.2. The highest BCUT2D eigenvalue weighted by atomic mass is 19.1. The standard InChI is InChI=1S/C24H33FN6O2.C2H6/c1-5-26-16-23(28-19(3)21-9-7-8-10-22(25)15-21)29(6-2)18-27-17-24(33)31-13-11-30(12-14-31)20(4)32;1-2/h5,7-10,15-16,21,27H,1,3,6,11-14,17-18H2,2,4H3;1-2H3. The summed E-state index contributed by atoms with van der Waals surface area (Å²) in [6, 6.07) is 0. The fraction of sp³-hybridized carbons (Fsp3) is 0.462. The topological polar surface area (TPSA) is 80.6 Å². The molecule has 0 aromatic rings. The normalized spacial score (nSPS) is 17.9. The summed E-state index contributed by atoms with van der Waals surface area (Å²) >= 11 is 0. The molecule has 2 aliphatic rings. The second-order valence-corrected chi connectivity index (χ2v) is 7.57. The number of hydrogen-bond donors (Lipinski definition) is 1. The van der Waals surface area contributed by atoms with Crippen LogP contribution >= 0.6 is 0 Å². The van der Waals surface area contributed by atoms with Crippen LogP contribution in [-0.2, 0) is 9.59 Å². The Morgan fingerprint density at radius 1 is 1.23 bits per heavy atom. The van der Waals surface area contributed by atoms with Gasteiger partial charge in [0.25, 0.3) is 0 Å². The van der Waals surface area contributed by atoms with E-state index in [1.54, 1.807) is 28.2 Å². The lowest BCUT2D eigenvalue weighted by Gasteiger charge is -2.34. The fourth-order valence-electron chi connectivity index (χ4n) is 3.38. The minimum atomic E-state index is -0.381. The van der Waals surface area contributed by atoms with Crippen LogP contribution in [0.2, 0.25) is 0 Å². The van der Waals surface area contributed by atoms with Gasteiger partial charge in [0.1, 0.15) is 11.7 Å². The van der Waals surface area contributed by atoms with Gasteiger partial charge in [-0.25, -0.2) is 9.38 Å². The Hall–Kier alpha value is -3.33. The van der Waals surface area contributed by atoms with Crippen molar-refractivity contribution in [3.63, 3.8) is 0 Å². The number of aliphatic imine (C=N–C) groups is 2. The van der Waals surface area contributed by atoms with E-state index in [0.29, 0.717) is 50.9 Å². The molecule has 1 heterocycles. The predicted octanol–water partition coefficient (Wildman–Crippen LogP) is 3.29. The molecule has 1 aliphatic heterocycles. The third-order valence-electron chi connectivity index (χ3n) is 5.32. The number of amides is 2. The first-order chi connectivity index (χ1) is 16.8. The Bertz CT molecular complexity index is 882. The molecule has 1 saturated heterocycles. The van der Waals surface area contributed by atoms with Crippen LogP contribution in [0.15, 0.2) is 71.2 Å². The van der Waals surface area contributed by atoms with E-state index in [9.17, 15) is 14.0 Å². The van der Waals surface area contributed by atoms with Crippen LogP contribution in [0.1, 0.15) is 27.7 Å². The Morgan fingerprint density at radius 3 is 2.49 bits per heavy atom. The number of nitrogens with one attached hydrogen (secondary N) is 1. The van der Waals surface area contributed by atoms with Crippen LogP contribution in [0.5, 0.6) is 0 Å². The lowest BCUT2D eigenvalue weighted by molar-refractivity contribution is -0.137. The van der Waals surface area contributed by atoms with E-state index in [1.165, 1.54) is 25.3 Å². The number of carbonyl (C=O) groups is 2. The minimum Gasteiger partial charge on any atom is -0.343 e. The van der Waals surface area contributed by atoms with Gasteiger partial charge < -0.3 is 14.7 Å². The summed E-state index contributed by atoms with van der Waals surface area (Å²) < 4.78 is 13.8. The molecule has 1 aliphatic carbocycles. The van der Waals surface area contributed by atoms with E-state index < -0.39 is 0 Å². The lowest BCUT2D eigenvalue weighted by atomic mass is 10.1. The van der Waals surface area contributed by atoms with Crippen molar-refractivity contribution < 1.29 is 14.0 Å². The largest absolute Gasteiger partial charge is 0.343 e.